The molecule has 1 aliphatic rings. The first kappa shape index (κ1) is 9.88. The molecule has 0 radical (unpaired) electrons. The highest BCUT2D eigenvalue weighted by molar-refractivity contribution is 4.91. The van der Waals surface area contributed by atoms with Crippen molar-refractivity contribution in [1.29, 1.82) is 0 Å². The maximum Gasteiger partial charge on any atom is 0.0974 e. The first-order valence-corrected chi connectivity index (χ1v) is 4.03. The van der Waals surface area contributed by atoms with E-state index in [1.165, 1.54) is 0 Å². The van der Waals surface area contributed by atoms with Crippen molar-refractivity contribution in [2.45, 2.75) is 30.7 Å². The van der Waals surface area contributed by atoms with Gasteiger partial charge in [0, 0.05) is 6.04 Å². The van der Waals surface area contributed by atoms with Crippen LogP contribution in [-0.4, -0.2) is 57.9 Å². The predicted octanol–water partition coefficient (Wildman–Crippen LogP) is -2.58. The lowest BCUT2D eigenvalue weighted by Crippen LogP contribution is -2.59. The van der Waals surface area contributed by atoms with Gasteiger partial charge >= 0.3 is 0 Å². The van der Waals surface area contributed by atoms with E-state index in [1.807, 2.05) is 0 Å². The summed E-state index contributed by atoms with van der Waals surface area (Å²) in [5, 5.41) is 38.9. The molecule has 4 atom stereocenters. The molecule has 0 amide bonds. The molecule has 1 aliphatic heterocycles. The Morgan fingerprint density at radius 2 is 1.83 bits per heavy atom. The first-order valence-electron chi connectivity index (χ1n) is 4.03. The number of hydrogen-bond donors (Lipinski definition) is 5. The Hall–Kier alpha value is -0.200. The van der Waals surface area contributed by atoms with Gasteiger partial charge in [-0.1, -0.05) is 0 Å². The lowest BCUT2D eigenvalue weighted by atomic mass is 9.94. The second kappa shape index (κ2) is 4.15. The van der Waals surface area contributed by atoms with Gasteiger partial charge in [-0.15, -0.1) is 0 Å². The van der Waals surface area contributed by atoms with Crippen molar-refractivity contribution in [2.24, 2.45) is 0 Å². The fourth-order valence-electron chi connectivity index (χ4n) is 1.46. The molecule has 72 valence electrons. The molecule has 0 aliphatic carbocycles. The van der Waals surface area contributed by atoms with Gasteiger partial charge in [0.15, 0.2) is 0 Å². The highest BCUT2D eigenvalue weighted by Gasteiger charge is 2.34. The molecule has 0 aromatic carbocycles. The van der Waals surface area contributed by atoms with Crippen LogP contribution in [0.3, 0.4) is 0 Å². The molecule has 1 saturated heterocycles. The third kappa shape index (κ3) is 1.94. The Balaban J connectivity index is 2.52. The largest absolute Gasteiger partial charge is 0.395 e. The van der Waals surface area contributed by atoms with Crippen LogP contribution in [0.1, 0.15) is 6.42 Å². The van der Waals surface area contributed by atoms with Crippen LogP contribution in [-0.2, 0) is 0 Å². The molecular weight excluding hydrogens is 162 g/mol. The van der Waals surface area contributed by atoms with Crippen molar-refractivity contribution in [3.8, 4) is 0 Å². The molecule has 0 bridgehead atoms. The van der Waals surface area contributed by atoms with Gasteiger partial charge in [0.25, 0.3) is 0 Å². The Morgan fingerprint density at radius 3 is 2.33 bits per heavy atom. The molecule has 0 spiro atoms. The van der Waals surface area contributed by atoms with E-state index in [4.69, 9.17) is 10.2 Å². The lowest BCUT2D eigenvalue weighted by Gasteiger charge is -2.36. The Bertz CT molecular complexity index is 143. The van der Waals surface area contributed by atoms with Gasteiger partial charge in [-0.3, -0.25) is 0 Å². The molecule has 0 aromatic rings. The van der Waals surface area contributed by atoms with Gasteiger partial charge in [0.05, 0.1) is 31.5 Å². The number of rotatable bonds is 2. The summed E-state index contributed by atoms with van der Waals surface area (Å²) in [6, 6.07) is -0.772. The van der Waals surface area contributed by atoms with Crippen LogP contribution in [0.4, 0.5) is 0 Å². The smallest absolute Gasteiger partial charge is 0.0974 e. The zero-order valence-corrected chi connectivity index (χ0v) is 6.72. The van der Waals surface area contributed by atoms with Gasteiger partial charge in [0.1, 0.15) is 0 Å². The molecule has 5 heteroatoms. The number of aliphatic hydroxyl groups excluding tert-OH is 4. The summed E-state index contributed by atoms with van der Waals surface area (Å²) in [6.07, 6.45) is -1.49. The standard InChI is InChI=1S/C7H15NO4/c9-2-4-1-6(11)7(12)5(3-10)8-4/h4-12H,1-3H2/t4-,5-,6-,7+/m1/s1. The summed E-state index contributed by atoms with van der Waals surface area (Å²) in [5.74, 6) is 0. The van der Waals surface area contributed by atoms with E-state index in [0.717, 1.165) is 0 Å². The Kier molecular flexibility index (Phi) is 3.42. The van der Waals surface area contributed by atoms with E-state index in [1.54, 1.807) is 0 Å². The van der Waals surface area contributed by atoms with Crippen molar-refractivity contribution in [3.05, 3.63) is 0 Å². The van der Waals surface area contributed by atoms with Gasteiger partial charge in [-0.2, -0.15) is 0 Å². The van der Waals surface area contributed by atoms with Crippen molar-refractivity contribution < 1.29 is 20.4 Å². The second-order valence-corrected chi connectivity index (χ2v) is 3.13. The number of nitrogens with one attached hydrogen (secondary N) is 1. The highest BCUT2D eigenvalue weighted by atomic mass is 16.3. The molecule has 1 heterocycles. The normalized spacial score (nSPS) is 43.0. The molecular formula is C7H15NO4. The molecule has 0 saturated carbocycles. The molecule has 5 nitrogen and oxygen atoms in total. The summed E-state index contributed by atoms with van der Waals surface area (Å²) in [7, 11) is 0. The fraction of sp³-hybridized carbons (Fsp3) is 1.00. The van der Waals surface area contributed by atoms with Gasteiger partial charge in [0.2, 0.25) is 0 Å². The minimum absolute atomic E-state index is 0.0969. The predicted molar refractivity (Wildman–Crippen MR) is 41.5 cm³/mol. The average molecular weight is 177 g/mol. The van der Waals surface area contributed by atoms with Crippen LogP contribution >= 0.6 is 0 Å². The van der Waals surface area contributed by atoms with Gasteiger partial charge < -0.3 is 25.7 Å². The molecule has 5 N–H and O–H groups in total. The maximum absolute atomic E-state index is 9.30. The maximum atomic E-state index is 9.30. The summed E-state index contributed by atoms with van der Waals surface area (Å²) in [5.41, 5.74) is 0. The quantitative estimate of drug-likeness (QED) is 0.319. The monoisotopic (exact) mass is 177 g/mol. The third-order valence-corrected chi connectivity index (χ3v) is 2.20. The van der Waals surface area contributed by atoms with Crippen LogP contribution in [0.15, 0.2) is 0 Å². The lowest BCUT2D eigenvalue weighted by molar-refractivity contribution is -0.0563. The highest BCUT2D eigenvalue weighted by Crippen LogP contribution is 2.13. The summed E-state index contributed by atoms with van der Waals surface area (Å²) < 4.78 is 0. The minimum atomic E-state index is -0.946. The van der Waals surface area contributed by atoms with Crippen molar-refractivity contribution in [1.82, 2.24) is 5.32 Å². The van der Waals surface area contributed by atoms with Crippen LogP contribution in [0.2, 0.25) is 0 Å². The van der Waals surface area contributed by atoms with Crippen LogP contribution in [0.5, 0.6) is 0 Å². The first-order chi connectivity index (χ1) is 5.69. The number of aliphatic hydroxyl groups is 4. The molecule has 0 unspecified atom stereocenters. The van der Waals surface area contributed by atoms with Gasteiger partial charge in [-0.25, -0.2) is 0 Å². The van der Waals surface area contributed by atoms with E-state index >= 15 is 0 Å². The van der Waals surface area contributed by atoms with E-state index in [0.29, 0.717) is 6.42 Å². The van der Waals surface area contributed by atoms with E-state index in [9.17, 15) is 10.2 Å². The van der Waals surface area contributed by atoms with Crippen molar-refractivity contribution in [2.75, 3.05) is 13.2 Å². The van der Waals surface area contributed by atoms with E-state index in [2.05, 4.69) is 5.32 Å². The average Bonchev–Trinajstić information content (AvgIpc) is 2.09. The minimum Gasteiger partial charge on any atom is -0.395 e. The van der Waals surface area contributed by atoms with Crippen LogP contribution < -0.4 is 5.32 Å². The molecule has 0 aromatic heterocycles. The topological polar surface area (TPSA) is 93.0 Å². The second-order valence-electron chi connectivity index (χ2n) is 3.13. The SMILES string of the molecule is OC[C@H]1C[C@@H](O)[C@@H](O)[C@@H](CO)N1. The summed E-state index contributed by atoms with van der Waals surface area (Å²) in [4.78, 5) is 0. The Morgan fingerprint density at radius 1 is 1.17 bits per heavy atom. The Labute approximate surface area is 70.6 Å². The molecule has 1 fully saturated rings. The fourth-order valence-corrected chi connectivity index (χ4v) is 1.46. The van der Waals surface area contributed by atoms with Crippen molar-refractivity contribution in [3.63, 3.8) is 0 Å². The van der Waals surface area contributed by atoms with Crippen LogP contribution in [0, 0.1) is 0 Å². The molecule has 12 heavy (non-hydrogen) atoms. The summed E-state index contributed by atoms with van der Waals surface area (Å²) in [6.45, 7) is -0.338. The van der Waals surface area contributed by atoms with Crippen LogP contribution in [0.25, 0.3) is 0 Å². The zero-order valence-electron chi connectivity index (χ0n) is 6.72. The van der Waals surface area contributed by atoms with E-state index in [-0.39, 0.29) is 19.3 Å². The van der Waals surface area contributed by atoms with E-state index < -0.39 is 18.2 Å². The number of piperidine rings is 1. The summed E-state index contributed by atoms with van der Waals surface area (Å²) >= 11 is 0. The third-order valence-electron chi connectivity index (χ3n) is 2.20. The number of hydrogen-bond acceptors (Lipinski definition) is 5. The molecule has 1 rings (SSSR count). The van der Waals surface area contributed by atoms with Crippen molar-refractivity contribution >= 4 is 0 Å². The van der Waals surface area contributed by atoms with Gasteiger partial charge in [-0.05, 0) is 6.42 Å². The zero-order chi connectivity index (χ0) is 9.14.